The van der Waals surface area contributed by atoms with E-state index in [9.17, 15) is 13.2 Å². The van der Waals surface area contributed by atoms with Gasteiger partial charge in [0.1, 0.15) is 12.1 Å². The fourth-order valence-electron chi connectivity index (χ4n) is 2.57. The minimum atomic E-state index is -3.01. The standard InChI is InChI=1S/C15H18N4O4S2/c1-23-13-4-2-3-12(7-13)19-10-16-18-15(19)24-8-14(20)17-11-5-6-25(21,22)9-11/h2-4,7,10-11H,5-6,8-9H2,1H3,(H,17,20)/t11-/m0/s1. The molecule has 0 bridgehead atoms. The van der Waals surface area contributed by atoms with Gasteiger partial charge in [0.25, 0.3) is 0 Å². The monoisotopic (exact) mass is 382 g/mol. The van der Waals surface area contributed by atoms with Crippen molar-refractivity contribution in [3.63, 3.8) is 0 Å². The van der Waals surface area contributed by atoms with Crippen LogP contribution in [0.25, 0.3) is 5.69 Å². The molecule has 0 spiro atoms. The number of rotatable bonds is 6. The summed E-state index contributed by atoms with van der Waals surface area (Å²) in [7, 11) is -1.42. The Balaban J connectivity index is 1.61. The Morgan fingerprint density at radius 2 is 2.32 bits per heavy atom. The molecular formula is C15H18N4O4S2. The molecule has 1 amide bonds. The Labute approximate surface area is 149 Å². The molecule has 1 aromatic heterocycles. The molecule has 2 aromatic rings. The molecule has 1 aliphatic rings. The number of carbonyl (C=O) groups excluding carboxylic acids is 1. The average molecular weight is 382 g/mol. The van der Waals surface area contributed by atoms with Gasteiger partial charge in [0.15, 0.2) is 15.0 Å². The van der Waals surface area contributed by atoms with Crippen LogP contribution in [0.3, 0.4) is 0 Å². The molecule has 0 saturated carbocycles. The number of hydrogen-bond acceptors (Lipinski definition) is 7. The highest BCUT2D eigenvalue weighted by atomic mass is 32.2. The van der Waals surface area contributed by atoms with Gasteiger partial charge < -0.3 is 10.1 Å². The maximum Gasteiger partial charge on any atom is 0.230 e. The summed E-state index contributed by atoms with van der Waals surface area (Å²) in [6.07, 6.45) is 2.04. The number of benzene rings is 1. The number of nitrogens with one attached hydrogen (secondary N) is 1. The molecular weight excluding hydrogens is 364 g/mol. The summed E-state index contributed by atoms with van der Waals surface area (Å²) in [5.74, 6) is 0.785. The van der Waals surface area contributed by atoms with E-state index in [0.717, 1.165) is 5.69 Å². The topological polar surface area (TPSA) is 103 Å². The van der Waals surface area contributed by atoms with Crippen molar-refractivity contribution in [3.05, 3.63) is 30.6 Å². The molecule has 0 radical (unpaired) electrons. The van der Waals surface area contributed by atoms with Gasteiger partial charge in [-0.1, -0.05) is 17.8 Å². The molecule has 2 heterocycles. The number of aromatic nitrogens is 3. The lowest BCUT2D eigenvalue weighted by molar-refractivity contribution is -0.119. The minimum absolute atomic E-state index is 0.0173. The van der Waals surface area contributed by atoms with Crippen molar-refractivity contribution in [2.45, 2.75) is 17.6 Å². The molecule has 1 saturated heterocycles. The summed E-state index contributed by atoms with van der Waals surface area (Å²) in [5.41, 5.74) is 0.828. The number of nitrogens with zero attached hydrogens (tertiary/aromatic N) is 3. The lowest BCUT2D eigenvalue weighted by Crippen LogP contribution is -2.36. The zero-order chi connectivity index (χ0) is 17.9. The van der Waals surface area contributed by atoms with Gasteiger partial charge in [-0.15, -0.1) is 10.2 Å². The van der Waals surface area contributed by atoms with Crippen LogP contribution in [0, 0.1) is 0 Å². The average Bonchev–Trinajstić information content (AvgIpc) is 3.19. The van der Waals surface area contributed by atoms with Gasteiger partial charge in [-0.2, -0.15) is 0 Å². The highest BCUT2D eigenvalue weighted by Gasteiger charge is 2.28. The number of methoxy groups -OCH3 is 1. The molecule has 1 aliphatic heterocycles. The van der Waals surface area contributed by atoms with Crippen molar-refractivity contribution < 1.29 is 17.9 Å². The van der Waals surface area contributed by atoms with E-state index in [-0.39, 0.29) is 29.2 Å². The van der Waals surface area contributed by atoms with E-state index in [0.29, 0.717) is 17.3 Å². The van der Waals surface area contributed by atoms with Crippen molar-refractivity contribution in [1.29, 1.82) is 0 Å². The van der Waals surface area contributed by atoms with Gasteiger partial charge in [-0.25, -0.2) is 8.42 Å². The van der Waals surface area contributed by atoms with Crippen LogP contribution in [-0.2, 0) is 14.6 Å². The van der Waals surface area contributed by atoms with E-state index >= 15 is 0 Å². The van der Waals surface area contributed by atoms with Crippen LogP contribution in [0.15, 0.2) is 35.7 Å². The van der Waals surface area contributed by atoms with E-state index in [4.69, 9.17) is 4.74 Å². The maximum atomic E-state index is 12.0. The summed E-state index contributed by atoms with van der Waals surface area (Å²) >= 11 is 1.24. The normalized spacial score (nSPS) is 18.8. The lowest BCUT2D eigenvalue weighted by Gasteiger charge is -2.11. The predicted octanol–water partition coefficient (Wildman–Crippen LogP) is 0.671. The van der Waals surface area contributed by atoms with E-state index in [1.54, 1.807) is 18.0 Å². The molecule has 0 aliphatic carbocycles. The highest BCUT2D eigenvalue weighted by molar-refractivity contribution is 7.99. The number of ether oxygens (including phenoxy) is 1. The molecule has 10 heteroatoms. The SMILES string of the molecule is COc1cccc(-n2cnnc2SCC(=O)N[C@H]2CCS(=O)(=O)C2)c1. The van der Waals surface area contributed by atoms with Crippen LogP contribution in [-0.4, -0.2) is 59.5 Å². The Morgan fingerprint density at radius 1 is 1.48 bits per heavy atom. The van der Waals surface area contributed by atoms with Gasteiger partial charge in [0.05, 0.1) is 30.1 Å². The first kappa shape index (κ1) is 17.7. The summed E-state index contributed by atoms with van der Waals surface area (Å²) < 4.78 is 29.8. The van der Waals surface area contributed by atoms with Crippen molar-refractivity contribution in [2.75, 3.05) is 24.4 Å². The van der Waals surface area contributed by atoms with Crippen LogP contribution in [0.4, 0.5) is 0 Å². The van der Waals surface area contributed by atoms with E-state index in [1.165, 1.54) is 11.8 Å². The van der Waals surface area contributed by atoms with Gasteiger partial charge in [-0.05, 0) is 18.6 Å². The van der Waals surface area contributed by atoms with Crippen LogP contribution in [0.1, 0.15) is 6.42 Å². The molecule has 1 atom stereocenters. The first-order chi connectivity index (χ1) is 12.0. The zero-order valence-corrected chi connectivity index (χ0v) is 15.2. The minimum Gasteiger partial charge on any atom is -0.497 e. The second kappa shape index (κ2) is 7.44. The summed E-state index contributed by atoms with van der Waals surface area (Å²) in [6.45, 7) is 0. The van der Waals surface area contributed by atoms with Crippen molar-refractivity contribution in [3.8, 4) is 11.4 Å². The second-order valence-corrected chi connectivity index (χ2v) is 8.81. The first-order valence-electron chi connectivity index (χ1n) is 7.64. The van der Waals surface area contributed by atoms with E-state index < -0.39 is 9.84 Å². The van der Waals surface area contributed by atoms with Gasteiger partial charge >= 0.3 is 0 Å². The van der Waals surface area contributed by atoms with Gasteiger partial charge in [0, 0.05) is 12.1 Å². The third kappa shape index (κ3) is 4.51. The summed E-state index contributed by atoms with van der Waals surface area (Å²) in [4.78, 5) is 12.0. The molecule has 3 rings (SSSR count). The number of sulfone groups is 1. The number of carbonyl (C=O) groups is 1. The smallest absolute Gasteiger partial charge is 0.230 e. The number of amides is 1. The number of thioether (sulfide) groups is 1. The lowest BCUT2D eigenvalue weighted by atomic mass is 10.3. The van der Waals surface area contributed by atoms with Crippen molar-refractivity contribution in [2.24, 2.45) is 0 Å². The quantitative estimate of drug-likeness (QED) is 0.733. The Hall–Kier alpha value is -2.07. The Kier molecular flexibility index (Phi) is 5.28. The third-order valence-electron chi connectivity index (χ3n) is 3.78. The van der Waals surface area contributed by atoms with Crippen molar-refractivity contribution in [1.82, 2.24) is 20.1 Å². The maximum absolute atomic E-state index is 12.0. The third-order valence-corrected chi connectivity index (χ3v) is 6.49. The largest absolute Gasteiger partial charge is 0.497 e. The molecule has 8 nitrogen and oxygen atoms in total. The first-order valence-corrected chi connectivity index (χ1v) is 10.4. The molecule has 25 heavy (non-hydrogen) atoms. The zero-order valence-electron chi connectivity index (χ0n) is 13.6. The highest BCUT2D eigenvalue weighted by Crippen LogP contribution is 2.22. The van der Waals surface area contributed by atoms with Crippen LogP contribution >= 0.6 is 11.8 Å². The number of hydrogen-bond donors (Lipinski definition) is 1. The molecule has 1 fully saturated rings. The van der Waals surface area contributed by atoms with Gasteiger partial charge in [0.2, 0.25) is 5.91 Å². The van der Waals surface area contributed by atoms with Crippen LogP contribution < -0.4 is 10.1 Å². The van der Waals surface area contributed by atoms with Gasteiger partial charge in [-0.3, -0.25) is 9.36 Å². The predicted molar refractivity (Wildman–Crippen MR) is 93.8 cm³/mol. The van der Waals surface area contributed by atoms with Crippen LogP contribution in [0.2, 0.25) is 0 Å². The van der Waals surface area contributed by atoms with Crippen molar-refractivity contribution >= 4 is 27.5 Å². The second-order valence-electron chi connectivity index (χ2n) is 5.64. The Bertz CT molecular complexity index is 866. The van der Waals surface area contributed by atoms with Crippen LogP contribution in [0.5, 0.6) is 5.75 Å². The molecule has 1 N–H and O–H groups in total. The fourth-order valence-corrected chi connectivity index (χ4v) is 4.98. The summed E-state index contributed by atoms with van der Waals surface area (Å²) in [5, 5.41) is 11.3. The Morgan fingerprint density at radius 3 is 3.04 bits per heavy atom. The molecule has 0 unspecified atom stereocenters. The summed E-state index contributed by atoms with van der Waals surface area (Å²) in [6, 6.07) is 7.13. The van der Waals surface area contributed by atoms with E-state index in [1.807, 2.05) is 24.3 Å². The molecule has 1 aromatic carbocycles. The molecule has 134 valence electrons. The van der Waals surface area contributed by atoms with E-state index in [2.05, 4.69) is 15.5 Å². The fraction of sp³-hybridized carbons (Fsp3) is 0.400.